The molecule has 2 heterocycles. The highest BCUT2D eigenvalue weighted by molar-refractivity contribution is 7.03. The number of piperazine rings is 1. The van der Waals surface area contributed by atoms with Gasteiger partial charge in [-0.3, -0.25) is 19.4 Å². The number of rotatable bonds is 8. The van der Waals surface area contributed by atoms with Gasteiger partial charge in [0.15, 0.2) is 0 Å². The molecule has 1 saturated heterocycles. The molecule has 7 heteroatoms. The van der Waals surface area contributed by atoms with Gasteiger partial charge in [0.25, 0.3) is 0 Å². The van der Waals surface area contributed by atoms with Crippen LogP contribution in [-0.2, 0) is 13.1 Å². The van der Waals surface area contributed by atoms with Gasteiger partial charge in [0.1, 0.15) is 0 Å². The van der Waals surface area contributed by atoms with Crippen molar-refractivity contribution in [2.75, 3.05) is 39.3 Å². The van der Waals surface area contributed by atoms with E-state index in [1.165, 1.54) is 17.1 Å². The Morgan fingerprint density at radius 1 is 0.844 bits per heavy atom. The van der Waals surface area contributed by atoms with Crippen LogP contribution in [0.3, 0.4) is 0 Å². The second-order valence-electron chi connectivity index (χ2n) is 8.63. The standard InChI is InChI=1S/C25H33N5OS/c1-21(2)30-25(31)29(20-23-11-7-4-8-12-23)24(32-30)26-13-14-27-15-17-28(18-16-27)19-22-9-5-3-6-10-22/h3-12,21H,13-20H2,1-2H3. The molecule has 0 radical (unpaired) electrons. The molecule has 1 fully saturated rings. The maximum Gasteiger partial charge on any atom is 0.340 e. The van der Waals surface area contributed by atoms with E-state index in [1.54, 1.807) is 0 Å². The van der Waals surface area contributed by atoms with E-state index in [9.17, 15) is 4.79 Å². The van der Waals surface area contributed by atoms with E-state index in [1.807, 2.05) is 40.6 Å². The highest BCUT2D eigenvalue weighted by Crippen LogP contribution is 2.08. The third-order valence-electron chi connectivity index (χ3n) is 5.86. The Morgan fingerprint density at radius 2 is 1.41 bits per heavy atom. The quantitative estimate of drug-likeness (QED) is 0.529. The van der Waals surface area contributed by atoms with Gasteiger partial charge in [0.05, 0.1) is 13.1 Å². The van der Waals surface area contributed by atoms with Crippen LogP contribution in [0, 0.1) is 0 Å². The molecule has 0 amide bonds. The van der Waals surface area contributed by atoms with Gasteiger partial charge in [-0.2, -0.15) is 0 Å². The van der Waals surface area contributed by atoms with Crippen molar-refractivity contribution < 1.29 is 0 Å². The van der Waals surface area contributed by atoms with Crippen molar-refractivity contribution in [3.8, 4) is 0 Å². The van der Waals surface area contributed by atoms with Crippen LogP contribution in [-0.4, -0.2) is 57.6 Å². The minimum atomic E-state index is 0.0297. The van der Waals surface area contributed by atoms with Crippen LogP contribution in [0.5, 0.6) is 0 Å². The Bertz CT molecular complexity index is 1090. The van der Waals surface area contributed by atoms with Crippen LogP contribution < -0.4 is 10.5 Å². The topological polar surface area (TPSA) is 45.8 Å². The van der Waals surface area contributed by atoms with E-state index in [0.717, 1.165) is 49.6 Å². The summed E-state index contributed by atoms with van der Waals surface area (Å²) in [7, 11) is 0. The van der Waals surface area contributed by atoms with Crippen LogP contribution in [0.15, 0.2) is 70.5 Å². The van der Waals surface area contributed by atoms with Gasteiger partial charge in [-0.15, -0.1) is 0 Å². The zero-order valence-electron chi connectivity index (χ0n) is 19.1. The van der Waals surface area contributed by atoms with Gasteiger partial charge in [-0.1, -0.05) is 60.7 Å². The van der Waals surface area contributed by atoms with Crippen molar-refractivity contribution in [3.63, 3.8) is 0 Å². The van der Waals surface area contributed by atoms with Gasteiger partial charge in [-0.05, 0) is 36.5 Å². The molecule has 1 aliphatic rings. The maximum atomic E-state index is 12.9. The Morgan fingerprint density at radius 3 is 2.00 bits per heavy atom. The smallest absolute Gasteiger partial charge is 0.299 e. The van der Waals surface area contributed by atoms with E-state index in [2.05, 4.69) is 52.3 Å². The summed E-state index contributed by atoms with van der Waals surface area (Å²) >= 11 is 1.48. The molecule has 2 aromatic carbocycles. The van der Waals surface area contributed by atoms with Gasteiger partial charge in [0, 0.05) is 45.3 Å². The first-order valence-corrected chi connectivity index (χ1v) is 12.2. The van der Waals surface area contributed by atoms with Gasteiger partial charge >= 0.3 is 5.69 Å². The summed E-state index contributed by atoms with van der Waals surface area (Å²) in [6, 6.07) is 21.0. The van der Waals surface area contributed by atoms with E-state index >= 15 is 0 Å². The maximum absolute atomic E-state index is 12.9. The average Bonchev–Trinajstić information content (AvgIpc) is 3.12. The van der Waals surface area contributed by atoms with Crippen molar-refractivity contribution in [2.45, 2.75) is 33.0 Å². The van der Waals surface area contributed by atoms with Gasteiger partial charge in [-0.25, -0.2) is 8.75 Å². The molecule has 6 nitrogen and oxygen atoms in total. The number of hydrogen-bond acceptors (Lipinski definition) is 5. The predicted octanol–water partition coefficient (Wildman–Crippen LogP) is 3.06. The lowest BCUT2D eigenvalue weighted by Crippen LogP contribution is -2.46. The molecule has 0 unspecified atom stereocenters. The fourth-order valence-corrected chi connectivity index (χ4v) is 4.97. The summed E-state index contributed by atoms with van der Waals surface area (Å²) < 4.78 is 3.64. The van der Waals surface area contributed by atoms with Crippen LogP contribution in [0.2, 0.25) is 0 Å². The SMILES string of the molecule is CC(C)n1sc(=NCCN2CCN(Cc3ccccc3)CC2)n(Cc2ccccc2)c1=O. The first-order chi connectivity index (χ1) is 15.6. The summed E-state index contributed by atoms with van der Waals surface area (Å²) in [6.45, 7) is 11.6. The largest absolute Gasteiger partial charge is 0.340 e. The predicted molar refractivity (Wildman–Crippen MR) is 131 cm³/mol. The Hall–Kier alpha value is -2.48. The normalized spacial score (nSPS) is 16.2. The minimum absolute atomic E-state index is 0.0297. The molecule has 32 heavy (non-hydrogen) atoms. The summed E-state index contributed by atoms with van der Waals surface area (Å²) in [4.78, 5) is 23.6. The Kier molecular flexibility index (Phi) is 7.73. The molecule has 1 aliphatic heterocycles. The first-order valence-electron chi connectivity index (χ1n) is 11.5. The molecule has 0 aliphatic carbocycles. The van der Waals surface area contributed by atoms with Crippen LogP contribution in [0.25, 0.3) is 0 Å². The molecule has 0 N–H and O–H groups in total. The van der Waals surface area contributed by atoms with Crippen molar-refractivity contribution in [2.24, 2.45) is 4.99 Å². The molecule has 0 saturated carbocycles. The summed E-state index contributed by atoms with van der Waals surface area (Å²) in [5.41, 5.74) is 2.53. The zero-order valence-corrected chi connectivity index (χ0v) is 19.9. The lowest BCUT2D eigenvalue weighted by Gasteiger charge is -2.34. The fourth-order valence-electron chi connectivity index (χ4n) is 4.02. The van der Waals surface area contributed by atoms with E-state index in [-0.39, 0.29) is 11.7 Å². The molecule has 0 atom stereocenters. The molecular weight excluding hydrogens is 418 g/mol. The van der Waals surface area contributed by atoms with Crippen molar-refractivity contribution in [1.29, 1.82) is 0 Å². The van der Waals surface area contributed by atoms with E-state index in [0.29, 0.717) is 13.1 Å². The molecular formula is C25H33N5OS. The summed E-state index contributed by atoms with van der Waals surface area (Å²) in [6.07, 6.45) is 0. The summed E-state index contributed by atoms with van der Waals surface area (Å²) in [5, 5.41) is 0. The highest BCUT2D eigenvalue weighted by Gasteiger charge is 2.17. The number of benzene rings is 2. The minimum Gasteiger partial charge on any atom is -0.299 e. The third-order valence-corrected chi connectivity index (χ3v) is 7.15. The highest BCUT2D eigenvalue weighted by atomic mass is 32.1. The van der Waals surface area contributed by atoms with Crippen LogP contribution in [0.4, 0.5) is 0 Å². The Balaban J connectivity index is 1.37. The molecule has 1 aromatic heterocycles. The lowest BCUT2D eigenvalue weighted by atomic mass is 10.2. The molecule has 4 rings (SSSR count). The molecule has 0 bridgehead atoms. The second-order valence-corrected chi connectivity index (χ2v) is 9.57. The van der Waals surface area contributed by atoms with Crippen molar-refractivity contribution >= 4 is 11.5 Å². The van der Waals surface area contributed by atoms with Crippen LogP contribution >= 0.6 is 11.5 Å². The second kappa shape index (κ2) is 10.9. The Labute approximate surface area is 194 Å². The fraction of sp³-hybridized carbons (Fsp3) is 0.440. The van der Waals surface area contributed by atoms with E-state index < -0.39 is 0 Å². The molecule has 0 spiro atoms. The lowest BCUT2D eigenvalue weighted by molar-refractivity contribution is 0.129. The third kappa shape index (κ3) is 5.85. The van der Waals surface area contributed by atoms with Gasteiger partial charge < -0.3 is 0 Å². The monoisotopic (exact) mass is 451 g/mol. The summed E-state index contributed by atoms with van der Waals surface area (Å²) in [5.74, 6) is 0. The number of aromatic nitrogens is 2. The van der Waals surface area contributed by atoms with Crippen molar-refractivity contribution in [1.82, 2.24) is 18.3 Å². The average molecular weight is 452 g/mol. The van der Waals surface area contributed by atoms with Crippen molar-refractivity contribution in [3.05, 3.63) is 87.1 Å². The number of hydrogen-bond donors (Lipinski definition) is 0. The first kappa shape index (κ1) is 22.7. The van der Waals surface area contributed by atoms with E-state index in [4.69, 9.17) is 4.99 Å². The van der Waals surface area contributed by atoms with Gasteiger partial charge in [0.2, 0.25) is 4.80 Å². The molecule has 170 valence electrons. The van der Waals surface area contributed by atoms with Crippen LogP contribution in [0.1, 0.15) is 31.0 Å². The zero-order chi connectivity index (χ0) is 22.3. The molecule has 3 aromatic rings. The number of nitrogens with zero attached hydrogens (tertiary/aromatic N) is 5.